The Kier molecular flexibility index (Phi) is 3.62. The van der Waals surface area contributed by atoms with E-state index < -0.39 is 0 Å². The van der Waals surface area contributed by atoms with Gasteiger partial charge in [0, 0.05) is 42.7 Å². The van der Waals surface area contributed by atoms with Gasteiger partial charge >= 0.3 is 0 Å². The maximum Gasteiger partial charge on any atom is 0.159 e. The van der Waals surface area contributed by atoms with Gasteiger partial charge in [-0.05, 0) is 43.7 Å². The van der Waals surface area contributed by atoms with Crippen LogP contribution in [0, 0.1) is 0 Å². The molecule has 5 rings (SSSR count). The molecule has 0 spiro atoms. The van der Waals surface area contributed by atoms with E-state index in [1.54, 1.807) is 31.5 Å². The van der Waals surface area contributed by atoms with E-state index in [1.165, 1.54) is 5.56 Å². The normalized spacial score (nSPS) is 18.8. The minimum Gasteiger partial charge on any atom is -0.365 e. The number of fused-ring (bicyclic) bond motifs is 2. The zero-order valence-corrected chi connectivity index (χ0v) is 14.1. The summed E-state index contributed by atoms with van der Waals surface area (Å²) in [6.07, 6.45) is 11.1. The van der Waals surface area contributed by atoms with Gasteiger partial charge in [0.15, 0.2) is 5.78 Å². The summed E-state index contributed by atoms with van der Waals surface area (Å²) in [5.74, 6) is 0.0699. The van der Waals surface area contributed by atoms with Crippen LogP contribution in [0.1, 0.15) is 29.8 Å². The molecule has 0 amide bonds. The van der Waals surface area contributed by atoms with Crippen LogP contribution in [-0.4, -0.2) is 31.2 Å². The van der Waals surface area contributed by atoms with E-state index in [0.29, 0.717) is 5.56 Å². The number of imidazole rings is 2. The van der Waals surface area contributed by atoms with Crippen LogP contribution in [0.3, 0.4) is 0 Å². The highest BCUT2D eigenvalue weighted by atomic mass is 16.6. The van der Waals surface area contributed by atoms with Gasteiger partial charge in [-0.3, -0.25) is 4.79 Å². The highest BCUT2D eigenvalue weighted by molar-refractivity contribution is 5.94. The van der Waals surface area contributed by atoms with Crippen LogP contribution < -0.4 is 0 Å². The van der Waals surface area contributed by atoms with Gasteiger partial charge in [-0.25, -0.2) is 9.97 Å². The Labute approximate surface area is 144 Å². The Morgan fingerprint density at radius 3 is 2.24 bits per heavy atom. The quantitative estimate of drug-likeness (QED) is 0.417. The first-order chi connectivity index (χ1) is 12.0. The summed E-state index contributed by atoms with van der Waals surface area (Å²) in [5.41, 5.74) is 3.66. The molecule has 5 heterocycles. The van der Waals surface area contributed by atoms with E-state index in [-0.39, 0.29) is 11.4 Å². The predicted octanol–water partition coefficient (Wildman–Crippen LogP) is 3.12. The third-order valence-corrected chi connectivity index (χ3v) is 4.39. The summed E-state index contributed by atoms with van der Waals surface area (Å²) >= 11 is 0. The van der Waals surface area contributed by atoms with Crippen molar-refractivity contribution in [3.8, 4) is 0 Å². The second kappa shape index (κ2) is 5.82. The fraction of sp³-hybridized carbons (Fsp3) is 0.211. The molecule has 4 aromatic rings. The van der Waals surface area contributed by atoms with Crippen molar-refractivity contribution in [2.24, 2.45) is 0 Å². The van der Waals surface area contributed by atoms with E-state index in [0.717, 1.165) is 17.9 Å². The minimum absolute atomic E-state index is 0.0479. The van der Waals surface area contributed by atoms with Gasteiger partial charge in [0.25, 0.3) is 0 Å². The number of hydrogen-bond donors (Lipinski definition) is 0. The molecule has 0 bridgehead atoms. The molecule has 1 aliphatic heterocycles. The molecule has 0 radical (unpaired) electrons. The summed E-state index contributed by atoms with van der Waals surface area (Å²) in [6.45, 7) is 4.47. The maximum atomic E-state index is 11.0. The topological polar surface area (TPSA) is 64.2 Å². The number of ether oxygens (including phenoxy) is 1. The van der Waals surface area contributed by atoms with Gasteiger partial charge in [0.2, 0.25) is 0 Å². The molecule has 0 N–H and O–H groups in total. The van der Waals surface area contributed by atoms with Crippen LogP contribution in [0.25, 0.3) is 11.3 Å². The minimum atomic E-state index is -0.0479. The molecule has 0 aromatic carbocycles. The number of carbonyl (C=O) groups excluding carboxylic acids is 1. The summed E-state index contributed by atoms with van der Waals surface area (Å²) in [6, 6.07) is 7.73. The second-order valence-corrected chi connectivity index (χ2v) is 6.29. The molecule has 6 nitrogen and oxygen atoms in total. The van der Waals surface area contributed by atoms with E-state index in [2.05, 4.69) is 29.0 Å². The summed E-state index contributed by atoms with van der Waals surface area (Å²) in [5, 5.41) is 0. The van der Waals surface area contributed by atoms with Gasteiger partial charge in [0.05, 0.1) is 6.61 Å². The number of hydrogen-bond acceptors (Lipinski definition) is 4. The Morgan fingerprint density at radius 2 is 1.64 bits per heavy atom. The van der Waals surface area contributed by atoms with Crippen LogP contribution in [0.2, 0.25) is 0 Å². The van der Waals surface area contributed by atoms with Gasteiger partial charge in [0.1, 0.15) is 16.9 Å². The first-order valence-corrected chi connectivity index (χ1v) is 8.06. The second-order valence-electron chi connectivity index (χ2n) is 6.29. The lowest BCUT2D eigenvalue weighted by atomic mass is 10.0. The van der Waals surface area contributed by atoms with E-state index in [4.69, 9.17) is 4.74 Å². The highest BCUT2D eigenvalue weighted by Gasteiger charge is 2.41. The molecule has 1 unspecified atom stereocenters. The lowest BCUT2D eigenvalue weighted by Gasteiger charge is -2.04. The molecular formula is C19H18N4O2. The monoisotopic (exact) mass is 334 g/mol. The number of aromatic nitrogens is 4. The maximum absolute atomic E-state index is 11.0. The van der Waals surface area contributed by atoms with Gasteiger partial charge < -0.3 is 13.5 Å². The van der Waals surface area contributed by atoms with E-state index >= 15 is 0 Å². The molecule has 0 saturated carbocycles. The van der Waals surface area contributed by atoms with Crippen molar-refractivity contribution < 1.29 is 9.53 Å². The summed E-state index contributed by atoms with van der Waals surface area (Å²) < 4.78 is 9.23. The average molecular weight is 334 g/mol. The van der Waals surface area contributed by atoms with Crippen molar-refractivity contribution in [2.45, 2.75) is 19.4 Å². The highest BCUT2D eigenvalue weighted by Crippen LogP contribution is 2.37. The van der Waals surface area contributed by atoms with Crippen molar-refractivity contribution in [1.29, 1.82) is 0 Å². The third-order valence-electron chi connectivity index (χ3n) is 4.39. The average Bonchev–Trinajstić information content (AvgIpc) is 3.05. The number of Topliss-reactive ketones (excluding diaryl/α,β-unsaturated/α-hetero) is 1. The molecular weight excluding hydrogens is 316 g/mol. The Hall–Kier alpha value is -2.99. The fourth-order valence-electron chi connectivity index (χ4n) is 2.64. The van der Waals surface area contributed by atoms with E-state index in [9.17, 15) is 4.79 Å². The molecule has 6 heteroatoms. The Bertz CT molecular complexity index is 1060. The van der Waals surface area contributed by atoms with Crippen molar-refractivity contribution >= 4 is 17.1 Å². The number of epoxide rings is 1. The first kappa shape index (κ1) is 15.5. The van der Waals surface area contributed by atoms with Crippen LogP contribution in [0.4, 0.5) is 0 Å². The predicted molar refractivity (Wildman–Crippen MR) is 93.7 cm³/mol. The zero-order chi connectivity index (χ0) is 17.4. The van der Waals surface area contributed by atoms with Crippen LogP contribution in [0.5, 0.6) is 0 Å². The largest absolute Gasteiger partial charge is 0.365 e. The lowest BCUT2D eigenvalue weighted by Crippen LogP contribution is -2.02. The van der Waals surface area contributed by atoms with Crippen molar-refractivity contribution in [2.75, 3.05) is 6.61 Å². The fourth-order valence-corrected chi connectivity index (χ4v) is 2.64. The summed E-state index contributed by atoms with van der Waals surface area (Å²) in [4.78, 5) is 19.3. The standard InChI is InChI=1S/C10H10N2O.C9H8N2O/c1-10(7-13-10)8-2-4-12-5-3-11-9(12)6-8;1-7(12)8-2-4-11-5-3-10-9(11)6-8/h2-6H,7H2,1H3;2-6H,1H3. The Balaban J connectivity index is 0.000000126. The molecule has 4 aromatic heterocycles. The van der Waals surface area contributed by atoms with Crippen LogP contribution >= 0.6 is 0 Å². The zero-order valence-electron chi connectivity index (χ0n) is 14.1. The van der Waals surface area contributed by atoms with Gasteiger partial charge in [-0.2, -0.15) is 0 Å². The van der Waals surface area contributed by atoms with Crippen LogP contribution in [0.15, 0.2) is 61.4 Å². The van der Waals surface area contributed by atoms with Crippen molar-refractivity contribution in [1.82, 2.24) is 18.8 Å². The van der Waals surface area contributed by atoms with Crippen LogP contribution in [-0.2, 0) is 10.3 Å². The number of pyridine rings is 2. The van der Waals surface area contributed by atoms with Crippen molar-refractivity contribution in [3.05, 3.63) is 72.6 Å². The molecule has 25 heavy (non-hydrogen) atoms. The number of nitrogens with zero attached hydrogens (tertiary/aromatic N) is 4. The first-order valence-electron chi connectivity index (χ1n) is 8.06. The molecule has 126 valence electrons. The lowest BCUT2D eigenvalue weighted by molar-refractivity contribution is 0.101. The smallest absolute Gasteiger partial charge is 0.159 e. The SMILES string of the molecule is CC(=O)c1ccn2ccnc2c1.CC1(c2ccn3ccnc3c2)CO1. The van der Waals surface area contributed by atoms with E-state index in [1.807, 2.05) is 33.6 Å². The molecule has 1 atom stereocenters. The number of carbonyl (C=O) groups is 1. The van der Waals surface area contributed by atoms with Gasteiger partial charge in [-0.15, -0.1) is 0 Å². The summed E-state index contributed by atoms with van der Waals surface area (Å²) in [7, 11) is 0. The molecule has 1 fully saturated rings. The molecule has 0 aliphatic carbocycles. The van der Waals surface area contributed by atoms with Gasteiger partial charge in [-0.1, -0.05) is 0 Å². The third kappa shape index (κ3) is 3.04. The number of rotatable bonds is 2. The van der Waals surface area contributed by atoms with Crippen molar-refractivity contribution in [3.63, 3.8) is 0 Å². The number of ketones is 1. The Morgan fingerprint density at radius 1 is 1.04 bits per heavy atom. The molecule has 1 saturated heterocycles. The molecule has 1 aliphatic rings.